The minimum Gasteiger partial charge on any atom is -0.506 e. The first kappa shape index (κ1) is 34.0. The molecule has 186 valence electrons. The number of phenols is 2. The third kappa shape index (κ3) is 13.2. The largest absolute Gasteiger partial charge is 2.00 e. The minimum absolute atomic E-state index is 0. The first-order chi connectivity index (χ1) is 15.8. The third-order valence-electron chi connectivity index (χ3n) is 4.96. The Morgan fingerprint density at radius 2 is 0.914 bits per heavy atom. The molecule has 0 radical (unpaired) electrons. The molecule has 2 N–H and O–H groups in total. The van der Waals surface area contributed by atoms with Gasteiger partial charge in [-0.2, -0.15) is 11.1 Å². The van der Waals surface area contributed by atoms with Crippen molar-refractivity contribution in [2.75, 3.05) is 0 Å². The maximum Gasteiger partial charge on any atom is 2.00 e. The van der Waals surface area contributed by atoms with Gasteiger partial charge in [0.25, 0.3) is 0 Å². The molecule has 2 aliphatic carbocycles. The van der Waals surface area contributed by atoms with Gasteiger partial charge in [0, 0.05) is 10.0 Å². The summed E-state index contributed by atoms with van der Waals surface area (Å²) >= 11 is 22.0. The Labute approximate surface area is 249 Å². The van der Waals surface area contributed by atoms with Crippen LogP contribution in [0.5, 0.6) is 11.5 Å². The fourth-order valence-corrected chi connectivity index (χ4v) is 3.78. The number of allylic oxidation sites excluding steroid dienone is 8. The molecule has 2 nitrogen and oxygen atoms in total. The van der Waals surface area contributed by atoms with Crippen molar-refractivity contribution in [1.29, 1.82) is 0 Å². The van der Waals surface area contributed by atoms with Crippen LogP contribution in [0.15, 0.2) is 69.8 Å². The van der Waals surface area contributed by atoms with Crippen LogP contribution in [0.3, 0.4) is 0 Å². The van der Waals surface area contributed by atoms with Crippen molar-refractivity contribution in [2.45, 2.75) is 54.4 Å². The fourth-order valence-electron chi connectivity index (χ4n) is 2.97. The Hall–Kier alpha value is -0.957. The van der Waals surface area contributed by atoms with Gasteiger partial charge < -0.3 is 10.2 Å². The van der Waals surface area contributed by atoms with E-state index in [1.54, 1.807) is 12.1 Å². The zero-order chi connectivity index (χ0) is 26.0. The maximum absolute atomic E-state index is 8.85. The van der Waals surface area contributed by atoms with Crippen LogP contribution in [0.25, 0.3) is 0 Å². The van der Waals surface area contributed by atoms with Crippen LogP contribution < -0.4 is 0 Å². The third-order valence-corrected chi connectivity index (χ3v) is 6.04. The Morgan fingerprint density at radius 3 is 1.06 bits per heavy atom. The molecule has 0 heterocycles. The molecule has 4 rings (SSSR count). The van der Waals surface area contributed by atoms with Crippen molar-refractivity contribution in [3.8, 4) is 11.5 Å². The van der Waals surface area contributed by atoms with Gasteiger partial charge in [0.1, 0.15) is 11.5 Å². The summed E-state index contributed by atoms with van der Waals surface area (Å²) in [5, 5.41) is 19.3. The SMILES string of the molecule is CC1=[C-]C(C)=C(C)C1.CC1=[C-]C(C)=C(C)C1.Oc1ccc(Cl)cc1Cl.Oc1ccc(Cl)cc1Cl.[Zr+2]. The molecule has 0 saturated carbocycles. The second-order valence-electron chi connectivity index (χ2n) is 8.17. The first-order valence-electron chi connectivity index (χ1n) is 10.6. The maximum atomic E-state index is 8.85. The summed E-state index contributed by atoms with van der Waals surface area (Å²) in [7, 11) is 0. The van der Waals surface area contributed by atoms with Gasteiger partial charge >= 0.3 is 26.2 Å². The molecule has 0 saturated heterocycles. The Morgan fingerprint density at radius 1 is 0.600 bits per heavy atom. The zero-order valence-corrected chi connectivity index (χ0v) is 26.3. The van der Waals surface area contributed by atoms with Gasteiger partial charge in [-0.1, -0.05) is 86.9 Å². The molecule has 2 aliphatic rings. The normalized spacial score (nSPS) is 13.9. The fraction of sp³-hybridized carbons (Fsp3) is 0.286. The summed E-state index contributed by atoms with van der Waals surface area (Å²) in [6, 6.07) is 9.01. The standard InChI is InChI=1S/2C8H11.2C6H4Cl2O.Zr/c2*1-6-4-7(2)8(3)5-6;2*7-4-1-2-6(9)5(8)3-4;/h2*4H2,1-3H3;2*1-3,9H;/q2*-1;;;+2. The van der Waals surface area contributed by atoms with Crippen LogP contribution in [-0.2, 0) is 26.2 Å². The van der Waals surface area contributed by atoms with E-state index in [-0.39, 0.29) is 47.7 Å². The molecule has 0 aliphatic heterocycles. The minimum atomic E-state index is 0. The van der Waals surface area contributed by atoms with Gasteiger partial charge in [-0.15, -0.1) is 13.8 Å². The molecule has 0 fully saturated rings. The average molecular weight is 632 g/mol. The van der Waals surface area contributed by atoms with Crippen molar-refractivity contribution >= 4 is 46.4 Å². The number of aromatic hydroxyl groups is 2. The van der Waals surface area contributed by atoms with Crippen molar-refractivity contribution in [3.63, 3.8) is 0 Å². The molecule has 0 spiro atoms. The molecular formula is C28H30Cl4O2Zr. The van der Waals surface area contributed by atoms with E-state index in [9.17, 15) is 0 Å². The predicted molar refractivity (Wildman–Crippen MR) is 147 cm³/mol. The van der Waals surface area contributed by atoms with Gasteiger partial charge in [0.2, 0.25) is 0 Å². The monoisotopic (exact) mass is 628 g/mol. The van der Waals surface area contributed by atoms with Crippen LogP contribution in [0.2, 0.25) is 20.1 Å². The van der Waals surface area contributed by atoms with E-state index in [1.807, 2.05) is 0 Å². The molecule has 0 atom stereocenters. The van der Waals surface area contributed by atoms with Gasteiger partial charge in [-0.25, -0.2) is 34.4 Å². The second kappa shape index (κ2) is 16.7. The molecule has 0 unspecified atom stereocenters. The van der Waals surface area contributed by atoms with E-state index in [0.717, 1.165) is 12.8 Å². The van der Waals surface area contributed by atoms with Crippen molar-refractivity contribution in [3.05, 3.63) is 102 Å². The predicted octanol–water partition coefficient (Wildman–Crippen LogP) is 10.3. The van der Waals surface area contributed by atoms with Crippen LogP contribution in [0.1, 0.15) is 54.4 Å². The van der Waals surface area contributed by atoms with E-state index in [2.05, 4.69) is 53.7 Å². The smallest absolute Gasteiger partial charge is 0.506 e. The number of halogens is 4. The van der Waals surface area contributed by atoms with Crippen LogP contribution in [0.4, 0.5) is 0 Å². The number of benzene rings is 2. The summed E-state index contributed by atoms with van der Waals surface area (Å²) in [5.41, 5.74) is 8.37. The van der Waals surface area contributed by atoms with Gasteiger partial charge in [0.15, 0.2) is 0 Å². The summed E-state index contributed by atoms with van der Waals surface area (Å²) in [6.45, 7) is 12.8. The quantitative estimate of drug-likeness (QED) is 0.284. The molecular weight excluding hydrogens is 601 g/mol. The second-order valence-corrected chi connectivity index (χ2v) is 9.85. The number of phenolic OH excluding ortho intramolecular Hbond substituents is 2. The number of rotatable bonds is 0. The van der Waals surface area contributed by atoms with Crippen LogP contribution in [-0.4, -0.2) is 10.2 Å². The Kier molecular flexibility index (Phi) is 16.3. The zero-order valence-electron chi connectivity index (χ0n) is 20.8. The molecule has 7 heteroatoms. The van der Waals surface area contributed by atoms with Gasteiger partial charge in [-0.3, -0.25) is 0 Å². The van der Waals surface area contributed by atoms with Crippen molar-refractivity contribution < 1.29 is 36.4 Å². The average Bonchev–Trinajstić information content (AvgIpc) is 3.20. The summed E-state index contributed by atoms with van der Waals surface area (Å²) in [6.07, 6.45) is 8.81. The van der Waals surface area contributed by atoms with Crippen LogP contribution >= 0.6 is 46.4 Å². The van der Waals surface area contributed by atoms with Crippen LogP contribution in [0, 0.1) is 12.2 Å². The molecule has 0 bridgehead atoms. The molecule has 2 aromatic carbocycles. The van der Waals surface area contributed by atoms with Gasteiger partial charge in [0.05, 0.1) is 10.0 Å². The first-order valence-corrected chi connectivity index (χ1v) is 12.1. The molecule has 2 aromatic rings. The molecule has 35 heavy (non-hydrogen) atoms. The van der Waals surface area contributed by atoms with E-state index in [4.69, 9.17) is 56.6 Å². The van der Waals surface area contributed by atoms with E-state index in [1.165, 1.54) is 57.7 Å². The van der Waals surface area contributed by atoms with Gasteiger partial charge in [-0.05, 0) is 36.4 Å². The molecule has 0 amide bonds. The Balaban J connectivity index is 0.000000437. The van der Waals surface area contributed by atoms with Crippen molar-refractivity contribution in [2.24, 2.45) is 0 Å². The van der Waals surface area contributed by atoms with E-state index >= 15 is 0 Å². The van der Waals surface area contributed by atoms with E-state index in [0.29, 0.717) is 10.0 Å². The summed E-state index contributed by atoms with van der Waals surface area (Å²) in [5.74, 6) is 0.113. The van der Waals surface area contributed by atoms with Crippen molar-refractivity contribution in [1.82, 2.24) is 0 Å². The Bertz CT molecular complexity index is 1040. The number of hydrogen-bond donors (Lipinski definition) is 2. The molecule has 0 aromatic heterocycles. The summed E-state index contributed by atoms with van der Waals surface area (Å²) in [4.78, 5) is 0. The topological polar surface area (TPSA) is 40.5 Å². The summed E-state index contributed by atoms with van der Waals surface area (Å²) < 4.78 is 0. The number of hydrogen-bond acceptors (Lipinski definition) is 2. The van der Waals surface area contributed by atoms with E-state index < -0.39 is 0 Å².